The lowest BCUT2D eigenvalue weighted by Gasteiger charge is -2.39. The third-order valence-electron chi connectivity index (χ3n) is 5.29. The number of fused-ring (bicyclic) bond motifs is 1. The van der Waals surface area contributed by atoms with Crippen molar-refractivity contribution in [3.8, 4) is 0 Å². The molecule has 1 aliphatic carbocycles. The second-order valence-electron chi connectivity index (χ2n) is 7.45. The topological polar surface area (TPSA) is 107 Å². The van der Waals surface area contributed by atoms with Gasteiger partial charge in [-0.1, -0.05) is 20.3 Å². The SMILES string of the molecule is CC[C@@H](C)[C@H](O)[C@@](C)(O)/C=C/C1=CC2=CC(=O)[C@@](C)(O)[C@@H](O)[C@@H]2CO1. The van der Waals surface area contributed by atoms with Crippen LogP contribution in [-0.4, -0.2) is 56.2 Å². The van der Waals surface area contributed by atoms with E-state index in [1.165, 1.54) is 26.0 Å². The molecule has 2 rings (SSSR count). The van der Waals surface area contributed by atoms with E-state index in [1.54, 1.807) is 12.2 Å². The standard InChI is InChI=1S/C19H28O6/c1-5-11(2)16(21)18(3,23)7-6-13-8-12-9-15(20)19(4,24)17(22)14(12)10-25-13/h6-9,11,14,16-17,21-24H,5,10H2,1-4H3/b7-6+/t11-,14-,16+,17+,18+,19-/m1/s1. The van der Waals surface area contributed by atoms with Crippen LogP contribution in [0.2, 0.25) is 0 Å². The lowest BCUT2D eigenvalue weighted by Crippen LogP contribution is -2.54. The van der Waals surface area contributed by atoms with E-state index in [-0.39, 0.29) is 12.5 Å². The number of aliphatic hydroxyl groups excluding tert-OH is 2. The summed E-state index contributed by atoms with van der Waals surface area (Å²) in [7, 11) is 0. The van der Waals surface area contributed by atoms with Crippen LogP contribution in [0.25, 0.3) is 0 Å². The van der Waals surface area contributed by atoms with Crippen LogP contribution in [0.15, 0.2) is 35.6 Å². The van der Waals surface area contributed by atoms with E-state index in [0.717, 1.165) is 6.42 Å². The van der Waals surface area contributed by atoms with Gasteiger partial charge in [0.2, 0.25) is 0 Å². The molecule has 0 saturated carbocycles. The Morgan fingerprint density at radius 1 is 1.48 bits per heavy atom. The molecule has 1 aliphatic heterocycles. The molecule has 6 atom stereocenters. The highest BCUT2D eigenvalue weighted by molar-refractivity contribution is 5.99. The van der Waals surface area contributed by atoms with E-state index < -0.39 is 35.1 Å². The maximum atomic E-state index is 12.0. The second-order valence-corrected chi connectivity index (χ2v) is 7.45. The summed E-state index contributed by atoms with van der Waals surface area (Å²) >= 11 is 0. The average molecular weight is 352 g/mol. The van der Waals surface area contributed by atoms with Gasteiger partial charge in [-0.15, -0.1) is 0 Å². The Balaban J connectivity index is 2.21. The van der Waals surface area contributed by atoms with Gasteiger partial charge in [-0.2, -0.15) is 0 Å². The molecule has 6 nitrogen and oxygen atoms in total. The Kier molecular flexibility index (Phi) is 5.59. The van der Waals surface area contributed by atoms with Crippen LogP contribution >= 0.6 is 0 Å². The Morgan fingerprint density at radius 2 is 2.12 bits per heavy atom. The first kappa shape index (κ1) is 19.8. The fourth-order valence-electron chi connectivity index (χ4n) is 3.10. The predicted octanol–water partition coefficient (Wildman–Crippen LogP) is 0.852. The highest BCUT2D eigenvalue weighted by Crippen LogP contribution is 2.35. The number of hydrogen-bond acceptors (Lipinski definition) is 6. The molecule has 6 heteroatoms. The van der Waals surface area contributed by atoms with Crippen molar-refractivity contribution >= 4 is 5.78 Å². The van der Waals surface area contributed by atoms with E-state index >= 15 is 0 Å². The van der Waals surface area contributed by atoms with Gasteiger partial charge in [0.05, 0.1) is 18.8 Å². The molecule has 0 fully saturated rings. The maximum absolute atomic E-state index is 12.0. The Hall–Kier alpha value is -1.47. The van der Waals surface area contributed by atoms with Crippen molar-refractivity contribution in [3.05, 3.63) is 35.6 Å². The van der Waals surface area contributed by atoms with Gasteiger partial charge in [0.15, 0.2) is 11.4 Å². The summed E-state index contributed by atoms with van der Waals surface area (Å²) in [6, 6.07) is 0. The lowest BCUT2D eigenvalue weighted by molar-refractivity contribution is -0.150. The van der Waals surface area contributed by atoms with Crippen LogP contribution in [0.4, 0.5) is 0 Å². The van der Waals surface area contributed by atoms with Crippen LogP contribution in [0.1, 0.15) is 34.1 Å². The molecular weight excluding hydrogens is 324 g/mol. The first-order chi connectivity index (χ1) is 11.5. The predicted molar refractivity (Wildman–Crippen MR) is 92.5 cm³/mol. The lowest BCUT2D eigenvalue weighted by atomic mass is 9.75. The molecule has 0 bridgehead atoms. The van der Waals surface area contributed by atoms with Crippen molar-refractivity contribution in [2.45, 2.75) is 57.5 Å². The number of rotatable bonds is 5. The van der Waals surface area contributed by atoms with Crippen molar-refractivity contribution < 1.29 is 30.0 Å². The average Bonchev–Trinajstić information content (AvgIpc) is 2.57. The summed E-state index contributed by atoms with van der Waals surface area (Å²) in [4.78, 5) is 12.0. The van der Waals surface area contributed by atoms with Gasteiger partial charge in [0.1, 0.15) is 11.4 Å². The van der Waals surface area contributed by atoms with Crippen molar-refractivity contribution in [1.82, 2.24) is 0 Å². The zero-order valence-corrected chi connectivity index (χ0v) is 15.1. The minimum atomic E-state index is -1.82. The molecule has 2 aliphatic rings. The second kappa shape index (κ2) is 7.03. The number of carbonyl (C=O) groups excluding carboxylic acids is 1. The molecule has 0 unspecified atom stereocenters. The molecule has 1 heterocycles. The van der Waals surface area contributed by atoms with E-state index in [9.17, 15) is 25.2 Å². The third kappa shape index (κ3) is 3.87. The van der Waals surface area contributed by atoms with Gasteiger partial charge < -0.3 is 25.2 Å². The molecule has 0 radical (unpaired) electrons. The minimum Gasteiger partial charge on any atom is -0.493 e. The van der Waals surface area contributed by atoms with Gasteiger partial charge in [-0.05, 0) is 49.6 Å². The molecule has 25 heavy (non-hydrogen) atoms. The summed E-state index contributed by atoms with van der Waals surface area (Å²) in [5.41, 5.74) is -2.66. The van der Waals surface area contributed by atoms with Crippen molar-refractivity contribution in [1.29, 1.82) is 0 Å². The molecule has 0 saturated heterocycles. The summed E-state index contributed by atoms with van der Waals surface area (Å²) in [6.45, 7) is 6.73. The van der Waals surface area contributed by atoms with Gasteiger partial charge in [-0.25, -0.2) is 0 Å². The van der Waals surface area contributed by atoms with Crippen LogP contribution in [0.5, 0.6) is 0 Å². The largest absolute Gasteiger partial charge is 0.493 e. The number of hydrogen-bond donors (Lipinski definition) is 4. The number of aliphatic hydroxyl groups is 4. The maximum Gasteiger partial charge on any atom is 0.189 e. The smallest absolute Gasteiger partial charge is 0.189 e. The quantitative estimate of drug-likeness (QED) is 0.584. The molecule has 0 aromatic carbocycles. The zero-order chi connectivity index (χ0) is 19.0. The van der Waals surface area contributed by atoms with Gasteiger partial charge in [-0.3, -0.25) is 4.79 Å². The van der Waals surface area contributed by atoms with E-state index in [0.29, 0.717) is 11.3 Å². The molecule has 4 N–H and O–H groups in total. The van der Waals surface area contributed by atoms with Crippen molar-refractivity contribution in [2.75, 3.05) is 6.61 Å². The molecule has 0 aromatic rings. The van der Waals surface area contributed by atoms with Crippen LogP contribution in [-0.2, 0) is 9.53 Å². The fourth-order valence-corrected chi connectivity index (χ4v) is 3.10. The fraction of sp³-hybridized carbons (Fsp3) is 0.632. The zero-order valence-electron chi connectivity index (χ0n) is 15.1. The first-order valence-corrected chi connectivity index (χ1v) is 8.61. The number of ketones is 1. The molecule has 140 valence electrons. The highest BCUT2D eigenvalue weighted by Gasteiger charge is 2.47. The summed E-state index contributed by atoms with van der Waals surface area (Å²) in [5.74, 6) is -0.690. The highest BCUT2D eigenvalue weighted by atomic mass is 16.5. The van der Waals surface area contributed by atoms with Crippen LogP contribution in [0.3, 0.4) is 0 Å². The normalized spacial score (nSPS) is 34.5. The molecule has 0 spiro atoms. The summed E-state index contributed by atoms with van der Waals surface area (Å²) in [6.07, 6.45) is 4.51. The number of ether oxygens (including phenoxy) is 1. The van der Waals surface area contributed by atoms with Gasteiger partial charge >= 0.3 is 0 Å². The summed E-state index contributed by atoms with van der Waals surface area (Å²) in [5, 5.41) is 40.9. The summed E-state index contributed by atoms with van der Waals surface area (Å²) < 4.78 is 5.57. The van der Waals surface area contributed by atoms with Gasteiger partial charge in [0.25, 0.3) is 0 Å². The third-order valence-corrected chi connectivity index (χ3v) is 5.29. The Morgan fingerprint density at radius 3 is 2.72 bits per heavy atom. The van der Waals surface area contributed by atoms with Crippen LogP contribution < -0.4 is 0 Å². The number of allylic oxidation sites excluding steroid dienone is 2. The molecule has 0 amide bonds. The number of carbonyl (C=O) groups is 1. The molecule has 0 aromatic heterocycles. The Labute approximate surface area is 148 Å². The van der Waals surface area contributed by atoms with Crippen LogP contribution in [0, 0.1) is 11.8 Å². The Bertz CT molecular complexity index is 613. The van der Waals surface area contributed by atoms with Crippen molar-refractivity contribution in [2.24, 2.45) is 11.8 Å². The molecular formula is C19H28O6. The van der Waals surface area contributed by atoms with E-state index in [4.69, 9.17) is 4.74 Å². The first-order valence-electron chi connectivity index (χ1n) is 8.61. The van der Waals surface area contributed by atoms with Gasteiger partial charge in [0, 0.05) is 5.92 Å². The van der Waals surface area contributed by atoms with Crippen molar-refractivity contribution in [3.63, 3.8) is 0 Å². The monoisotopic (exact) mass is 352 g/mol. The minimum absolute atomic E-state index is 0.0682. The van der Waals surface area contributed by atoms with E-state index in [2.05, 4.69) is 0 Å². The van der Waals surface area contributed by atoms with E-state index in [1.807, 2.05) is 13.8 Å².